The van der Waals surface area contributed by atoms with Crippen LogP contribution in [-0.4, -0.2) is 14.8 Å². The first-order valence-electron chi connectivity index (χ1n) is 6.26. The highest BCUT2D eigenvalue weighted by Gasteiger charge is 2.06. The minimum atomic E-state index is 0.639. The average Bonchev–Trinajstić information content (AvgIpc) is 2.96. The van der Waals surface area contributed by atoms with Crippen molar-refractivity contribution in [3.63, 3.8) is 0 Å². The van der Waals surface area contributed by atoms with E-state index in [0.29, 0.717) is 21.0 Å². The molecule has 21 heavy (non-hydrogen) atoms. The third-order valence-corrected chi connectivity index (χ3v) is 4.35. The summed E-state index contributed by atoms with van der Waals surface area (Å²) < 4.78 is 1.76. The first-order chi connectivity index (χ1) is 10.2. The first kappa shape index (κ1) is 14.4. The highest BCUT2D eigenvalue weighted by Crippen LogP contribution is 2.27. The van der Waals surface area contributed by atoms with Crippen LogP contribution in [0.5, 0.6) is 0 Å². The fourth-order valence-corrected chi connectivity index (χ4v) is 3.16. The molecule has 106 valence electrons. The van der Waals surface area contributed by atoms with Gasteiger partial charge in [0.25, 0.3) is 0 Å². The summed E-state index contributed by atoms with van der Waals surface area (Å²) in [6.45, 7) is 0. The molecule has 0 radical (unpaired) electrons. The van der Waals surface area contributed by atoms with E-state index in [1.807, 2.05) is 42.5 Å². The van der Waals surface area contributed by atoms with Gasteiger partial charge in [-0.05, 0) is 29.8 Å². The van der Waals surface area contributed by atoms with Crippen molar-refractivity contribution in [2.24, 2.45) is 0 Å². The number of benzene rings is 2. The van der Waals surface area contributed by atoms with E-state index in [1.54, 1.807) is 17.1 Å². The lowest BCUT2D eigenvalue weighted by Crippen LogP contribution is -1.93. The fraction of sp³-hybridized carbons (Fsp3) is 0.0667. The summed E-state index contributed by atoms with van der Waals surface area (Å²) in [6.07, 6.45) is 1.71. The van der Waals surface area contributed by atoms with Crippen LogP contribution in [0.15, 0.2) is 60.0 Å². The molecule has 0 aliphatic carbocycles. The monoisotopic (exact) mass is 335 g/mol. The van der Waals surface area contributed by atoms with E-state index in [1.165, 1.54) is 11.8 Å². The summed E-state index contributed by atoms with van der Waals surface area (Å²) in [6, 6.07) is 15.4. The SMILES string of the molecule is Clc1ccc(CSc2ncn(-c3ccccc3)n2)c(Cl)c1. The summed E-state index contributed by atoms with van der Waals surface area (Å²) in [7, 11) is 0. The topological polar surface area (TPSA) is 30.7 Å². The molecular formula is C15H11Cl2N3S. The second-order valence-corrected chi connectivity index (χ2v) is 6.12. The lowest BCUT2D eigenvalue weighted by Gasteiger charge is -2.02. The fourth-order valence-electron chi connectivity index (χ4n) is 1.80. The molecule has 0 atom stereocenters. The first-order valence-corrected chi connectivity index (χ1v) is 8.00. The second kappa shape index (κ2) is 6.52. The van der Waals surface area contributed by atoms with E-state index in [4.69, 9.17) is 23.2 Å². The molecule has 3 aromatic rings. The Morgan fingerprint density at radius 2 is 1.86 bits per heavy atom. The van der Waals surface area contributed by atoms with E-state index in [0.717, 1.165) is 11.3 Å². The van der Waals surface area contributed by atoms with Crippen LogP contribution in [0.1, 0.15) is 5.56 Å². The highest BCUT2D eigenvalue weighted by atomic mass is 35.5. The molecule has 1 heterocycles. The minimum Gasteiger partial charge on any atom is -0.220 e. The van der Waals surface area contributed by atoms with Crippen molar-refractivity contribution in [3.05, 3.63) is 70.5 Å². The third-order valence-electron chi connectivity index (χ3n) is 2.86. The van der Waals surface area contributed by atoms with Gasteiger partial charge in [-0.3, -0.25) is 0 Å². The summed E-state index contributed by atoms with van der Waals surface area (Å²) in [5.41, 5.74) is 2.00. The zero-order valence-corrected chi connectivity index (χ0v) is 13.2. The van der Waals surface area contributed by atoms with E-state index in [9.17, 15) is 0 Å². The average molecular weight is 336 g/mol. The van der Waals surface area contributed by atoms with Gasteiger partial charge in [-0.2, -0.15) is 0 Å². The molecule has 0 unspecified atom stereocenters. The molecule has 0 spiro atoms. The minimum absolute atomic E-state index is 0.639. The Morgan fingerprint density at radius 1 is 1.05 bits per heavy atom. The van der Waals surface area contributed by atoms with Crippen molar-refractivity contribution < 1.29 is 0 Å². The Balaban J connectivity index is 1.70. The van der Waals surface area contributed by atoms with Crippen LogP contribution in [0.3, 0.4) is 0 Å². The largest absolute Gasteiger partial charge is 0.220 e. The van der Waals surface area contributed by atoms with Crippen molar-refractivity contribution >= 4 is 35.0 Å². The second-order valence-electron chi connectivity index (χ2n) is 4.33. The molecular weight excluding hydrogens is 325 g/mol. The van der Waals surface area contributed by atoms with Crippen molar-refractivity contribution in [2.45, 2.75) is 10.9 Å². The third kappa shape index (κ3) is 3.59. The number of hydrogen-bond acceptors (Lipinski definition) is 3. The predicted molar refractivity (Wildman–Crippen MR) is 87.4 cm³/mol. The molecule has 0 bridgehead atoms. The van der Waals surface area contributed by atoms with Crippen LogP contribution >= 0.6 is 35.0 Å². The normalized spacial score (nSPS) is 10.8. The molecule has 0 saturated carbocycles. The number of para-hydroxylation sites is 1. The van der Waals surface area contributed by atoms with Gasteiger partial charge in [0.15, 0.2) is 0 Å². The van der Waals surface area contributed by atoms with E-state index in [-0.39, 0.29) is 0 Å². The van der Waals surface area contributed by atoms with Crippen molar-refractivity contribution in [1.82, 2.24) is 14.8 Å². The number of thioether (sulfide) groups is 1. The number of hydrogen-bond donors (Lipinski definition) is 0. The van der Waals surface area contributed by atoms with Gasteiger partial charge in [-0.25, -0.2) is 9.67 Å². The molecule has 0 aliphatic heterocycles. The van der Waals surface area contributed by atoms with E-state index < -0.39 is 0 Å². The zero-order chi connectivity index (χ0) is 14.7. The van der Waals surface area contributed by atoms with E-state index in [2.05, 4.69) is 10.1 Å². The summed E-state index contributed by atoms with van der Waals surface area (Å²) in [5, 5.41) is 6.46. The van der Waals surface area contributed by atoms with Crippen molar-refractivity contribution in [2.75, 3.05) is 0 Å². The predicted octanol–water partition coefficient (Wildman–Crippen LogP) is 4.87. The standard InChI is InChI=1S/C15H11Cl2N3S/c16-12-7-6-11(14(17)8-12)9-21-15-18-10-20(19-15)13-4-2-1-3-5-13/h1-8,10H,9H2. The smallest absolute Gasteiger partial charge is 0.209 e. The van der Waals surface area contributed by atoms with Gasteiger partial charge in [0.05, 0.1) is 5.69 Å². The van der Waals surface area contributed by atoms with Gasteiger partial charge in [0.2, 0.25) is 5.16 Å². The molecule has 1 aromatic heterocycles. The number of aromatic nitrogens is 3. The quantitative estimate of drug-likeness (QED) is 0.637. The summed E-state index contributed by atoms with van der Waals surface area (Å²) in [5.74, 6) is 0.703. The molecule has 3 nitrogen and oxygen atoms in total. The Morgan fingerprint density at radius 3 is 2.62 bits per heavy atom. The van der Waals surface area contributed by atoms with Crippen LogP contribution in [0.25, 0.3) is 5.69 Å². The van der Waals surface area contributed by atoms with Crippen molar-refractivity contribution in [1.29, 1.82) is 0 Å². The molecule has 0 N–H and O–H groups in total. The maximum atomic E-state index is 6.15. The Hall–Kier alpha value is -1.49. The van der Waals surface area contributed by atoms with E-state index >= 15 is 0 Å². The number of nitrogens with zero attached hydrogens (tertiary/aromatic N) is 3. The maximum Gasteiger partial charge on any atom is 0.209 e. The van der Waals surface area contributed by atoms with Gasteiger partial charge in [0, 0.05) is 15.8 Å². The van der Waals surface area contributed by atoms with Crippen molar-refractivity contribution in [3.8, 4) is 5.69 Å². The zero-order valence-electron chi connectivity index (χ0n) is 10.9. The van der Waals surface area contributed by atoms with Crippen LogP contribution in [0.4, 0.5) is 0 Å². The molecule has 0 fully saturated rings. The summed E-state index contributed by atoms with van der Waals surface area (Å²) >= 11 is 13.6. The Bertz CT molecular complexity index is 744. The Kier molecular flexibility index (Phi) is 4.48. The molecule has 0 amide bonds. The Labute approximate surface area is 136 Å². The molecule has 2 aromatic carbocycles. The maximum absolute atomic E-state index is 6.15. The van der Waals surface area contributed by atoms with Gasteiger partial charge in [-0.1, -0.05) is 59.2 Å². The van der Waals surface area contributed by atoms with Crippen LogP contribution in [-0.2, 0) is 5.75 Å². The van der Waals surface area contributed by atoms with Gasteiger partial charge in [-0.15, -0.1) is 5.10 Å². The van der Waals surface area contributed by atoms with Crippen LogP contribution < -0.4 is 0 Å². The lowest BCUT2D eigenvalue weighted by molar-refractivity contribution is 0.834. The molecule has 0 saturated heterocycles. The summed E-state index contributed by atoms with van der Waals surface area (Å²) in [4.78, 5) is 4.30. The highest BCUT2D eigenvalue weighted by molar-refractivity contribution is 7.98. The van der Waals surface area contributed by atoms with Gasteiger partial charge < -0.3 is 0 Å². The van der Waals surface area contributed by atoms with Crippen LogP contribution in [0, 0.1) is 0 Å². The van der Waals surface area contributed by atoms with Gasteiger partial charge >= 0.3 is 0 Å². The number of rotatable bonds is 4. The van der Waals surface area contributed by atoms with Gasteiger partial charge in [0.1, 0.15) is 6.33 Å². The molecule has 3 rings (SSSR count). The lowest BCUT2D eigenvalue weighted by atomic mass is 10.2. The molecule has 0 aliphatic rings. The molecule has 6 heteroatoms. The number of halogens is 2. The van der Waals surface area contributed by atoms with Crippen LogP contribution in [0.2, 0.25) is 10.0 Å².